The van der Waals surface area contributed by atoms with Gasteiger partial charge in [0.2, 0.25) is 0 Å². The number of benzene rings is 1. The Kier molecular flexibility index (Phi) is 3.74. The van der Waals surface area contributed by atoms with E-state index >= 15 is 0 Å². The Bertz CT molecular complexity index is 510. The molecule has 0 atom stereocenters. The minimum Gasteiger partial charge on any atom is -0.478 e. The molecule has 1 amide bonds. The first-order valence-electron chi connectivity index (χ1n) is 6.29. The van der Waals surface area contributed by atoms with Gasteiger partial charge in [0.15, 0.2) is 0 Å². The fraction of sp³-hybridized carbons (Fsp3) is 0.429. The molecule has 1 aromatic carbocycles. The predicted molar refractivity (Wildman–Crippen MR) is 70.6 cm³/mol. The first-order chi connectivity index (χ1) is 8.99. The van der Waals surface area contributed by atoms with Crippen LogP contribution in [-0.4, -0.2) is 30.3 Å². The zero-order valence-electron chi connectivity index (χ0n) is 11.0. The summed E-state index contributed by atoms with van der Waals surface area (Å²) < 4.78 is 5.18. The zero-order chi connectivity index (χ0) is 14.0. The van der Waals surface area contributed by atoms with Crippen LogP contribution in [0.5, 0.6) is 0 Å². The number of amides is 1. The van der Waals surface area contributed by atoms with Crippen molar-refractivity contribution >= 4 is 17.7 Å². The second kappa shape index (κ2) is 5.30. The third-order valence-electron chi connectivity index (χ3n) is 2.99. The van der Waals surface area contributed by atoms with Gasteiger partial charge >= 0.3 is 12.1 Å². The second-order valence-electron chi connectivity index (χ2n) is 5.02. The third kappa shape index (κ3) is 2.86. The van der Waals surface area contributed by atoms with E-state index in [4.69, 9.17) is 9.84 Å². The van der Waals surface area contributed by atoms with Gasteiger partial charge in [-0.3, -0.25) is 4.90 Å². The lowest BCUT2D eigenvalue weighted by Crippen LogP contribution is -2.30. The van der Waals surface area contributed by atoms with Crippen molar-refractivity contribution in [2.75, 3.05) is 18.1 Å². The van der Waals surface area contributed by atoms with Crippen molar-refractivity contribution in [3.8, 4) is 0 Å². The number of hydrogen-bond donors (Lipinski definition) is 1. The second-order valence-corrected chi connectivity index (χ2v) is 5.02. The van der Waals surface area contributed by atoms with Crippen molar-refractivity contribution < 1.29 is 19.4 Å². The monoisotopic (exact) mass is 263 g/mol. The average molecular weight is 263 g/mol. The Morgan fingerprint density at radius 2 is 2.16 bits per heavy atom. The molecule has 2 rings (SSSR count). The lowest BCUT2D eigenvalue weighted by molar-refractivity contribution is 0.0696. The number of carboxylic acids is 1. The molecule has 0 fully saturated rings. The van der Waals surface area contributed by atoms with Crippen LogP contribution in [0.3, 0.4) is 0 Å². The van der Waals surface area contributed by atoms with Gasteiger partial charge in [-0.1, -0.05) is 19.9 Å². The zero-order valence-corrected chi connectivity index (χ0v) is 11.0. The van der Waals surface area contributed by atoms with Crippen LogP contribution < -0.4 is 4.90 Å². The van der Waals surface area contributed by atoms with Gasteiger partial charge in [0, 0.05) is 6.54 Å². The standard InChI is InChI=1S/C14H17NO4/c1-9(2)8-19-14(18)15-6-5-10-3-4-11(13(16)17)7-12(10)15/h3-4,7,9H,5-6,8H2,1-2H3,(H,16,17). The molecule has 0 aromatic heterocycles. The maximum Gasteiger partial charge on any atom is 0.414 e. The van der Waals surface area contributed by atoms with Gasteiger partial charge in [-0.15, -0.1) is 0 Å². The highest BCUT2D eigenvalue weighted by molar-refractivity contribution is 5.94. The number of aromatic carboxylic acids is 1. The largest absolute Gasteiger partial charge is 0.478 e. The number of rotatable bonds is 3. The molecule has 0 bridgehead atoms. The lowest BCUT2D eigenvalue weighted by atomic mass is 10.1. The number of carbonyl (C=O) groups is 2. The molecular weight excluding hydrogens is 246 g/mol. The van der Waals surface area contributed by atoms with E-state index in [0.717, 1.165) is 12.0 Å². The topological polar surface area (TPSA) is 66.8 Å². The summed E-state index contributed by atoms with van der Waals surface area (Å²) in [5.41, 5.74) is 1.81. The maximum absolute atomic E-state index is 11.9. The van der Waals surface area contributed by atoms with Gasteiger partial charge in [-0.05, 0) is 30.0 Å². The molecule has 1 aromatic rings. The average Bonchev–Trinajstić information content (AvgIpc) is 2.78. The van der Waals surface area contributed by atoms with Crippen molar-refractivity contribution in [3.63, 3.8) is 0 Å². The molecule has 5 nitrogen and oxygen atoms in total. The van der Waals surface area contributed by atoms with E-state index < -0.39 is 12.1 Å². The third-order valence-corrected chi connectivity index (χ3v) is 2.99. The van der Waals surface area contributed by atoms with Crippen molar-refractivity contribution in [2.24, 2.45) is 5.92 Å². The summed E-state index contributed by atoms with van der Waals surface area (Å²) in [6.45, 7) is 4.83. The highest BCUT2D eigenvalue weighted by atomic mass is 16.6. The Hall–Kier alpha value is -2.04. The van der Waals surface area contributed by atoms with E-state index in [9.17, 15) is 9.59 Å². The number of carboxylic acid groups (broad SMARTS) is 1. The Balaban J connectivity index is 2.18. The summed E-state index contributed by atoms with van der Waals surface area (Å²) in [6.07, 6.45) is 0.321. The van der Waals surface area contributed by atoms with Gasteiger partial charge in [-0.2, -0.15) is 0 Å². The number of ether oxygens (including phenoxy) is 1. The van der Waals surface area contributed by atoms with Gasteiger partial charge in [0.25, 0.3) is 0 Å². The summed E-state index contributed by atoms with van der Waals surface area (Å²) in [4.78, 5) is 24.4. The molecule has 0 saturated carbocycles. The summed E-state index contributed by atoms with van der Waals surface area (Å²) in [5, 5.41) is 8.98. The van der Waals surface area contributed by atoms with Gasteiger partial charge < -0.3 is 9.84 Å². The SMILES string of the molecule is CC(C)COC(=O)N1CCc2ccc(C(=O)O)cc21. The summed E-state index contributed by atoms with van der Waals surface area (Å²) in [7, 11) is 0. The number of carbonyl (C=O) groups excluding carboxylic acids is 1. The van der Waals surface area contributed by atoms with Crippen LogP contribution in [0.15, 0.2) is 18.2 Å². The van der Waals surface area contributed by atoms with E-state index in [-0.39, 0.29) is 11.5 Å². The van der Waals surface area contributed by atoms with Crippen molar-refractivity contribution in [2.45, 2.75) is 20.3 Å². The van der Waals surface area contributed by atoms with Crippen molar-refractivity contribution in [1.82, 2.24) is 0 Å². The first kappa shape index (κ1) is 13.4. The quantitative estimate of drug-likeness (QED) is 0.910. The van der Waals surface area contributed by atoms with Crippen LogP contribution >= 0.6 is 0 Å². The van der Waals surface area contributed by atoms with E-state index in [2.05, 4.69) is 0 Å². The molecule has 0 unspecified atom stereocenters. The highest BCUT2D eigenvalue weighted by Crippen LogP contribution is 2.29. The molecule has 0 saturated heterocycles. The van der Waals surface area contributed by atoms with Crippen LogP contribution in [0.4, 0.5) is 10.5 Å². The molecule has 0 radical (unpaired) electrons. The molecule has 19 heavy (non-hydrogen) atoms. The Labute approximate surface area is 111 Å². The number of fused-ring (bicyclic) bond motifs is 1. The van der Waals surface area contributed by atoms with Gasteiger partial charge in [-0.25, -0.2) is 9.59 Å². The normalized spacial score (nSPS) is 13.5. The van der Waals surface area contributed by atoms with E-state index in [1.807, 2.05) is 13.8 Å². The van der Waals surface area contributed by atoms with Crippen LogP contribution in [-0.2, 0) is 11.2 Å². The fourth-order valence-corrected chi connectivity index (χ4v) is 2.02. The Morgan fingerprint density at radius 3 is 2.79 bits per heavy atom. The van der Waals surface area contributed by atoms with Gasteiger partial charge in [0.05, 0.1) is 17.9 Å². The van der Waals surface area contributed by atoms with E-state index in [0.29, 0.717) is 18.8 Å². The maximum atomic E-state index is 11.9. The molecule has 1 heterocycles. The molecule has 0 spiro atoms. The summed E-state index contributed by atoms with van der Waals surface area (Å²) in [5.74, 6) is -0.721. The molecular formula is C14H17NO4. The van der Waals surface area contributed by atoms with Crippen LogP contribution in [0, 0.1) is 5.92 Å². The summed E-state index contributed by atoms with van der Waals surface area (Å²) >= 11 is 0. The summed E-state index contributed by atoms with van der Waals surface area (Å²) in [6, 6.07) is 4.85. The number of anilines is 1. The molecule has 5 heteroatoms. The minimum absolute atomic E-state index is 0.183. The molecule has 0 aliphatic carbocycles. The lowest BCUT2D eigenvalue weighted by Gasteiger charge is -2.18. The van der Waals surface area contributed by atoms with E-state index in [1.165, 1.54) is 11.0 Å². The number of hydrogen-bond acceptors (Lipinski definition) is 3. The number of nitrogens with zero attached hydrogens (tertiary/aromatic N) is 1. The smallest absolute Gasteiger partial charge is 0.414 e. The fourth-order valence-electron chi connectivity index (χ4n) is 2.02. The molecule has 1 aliphatic rings. The minimum atomic E-state index is -0.995. The molecule has 102 valence electrons. The molecule has 1 aliphatic heterocycles. The predicted octanol–water partition coefficient (Wildman–Crippen LogP) is 2.54. The van der Waals surface area contributed by atoms with E-state index in [1.54, 1.807) is 12.1 Å². The first-order valence-corrected chi connectivity index (χ1v) is 6.29. The van der Waals surface area contributed by atoms with Crippen molar-refractivity contribution in [3.05, 3.63) is 29.3 Å². The van der Waals surface area contributed by atoms with Crippen LogP contribution in [0.25, 0.3) is 0 Å². The van der Waals surface area contributed by atoms with Crippen LogP contribution in [0.1, 0.15) is 29.8 Å². The highest BCUT2D eigenvalue weighted by Gasteiger charge is 2.26. The van der Waals surface area contributed by atoms with Gasteiger partial charge in [0.1, 0.15) is 0 Å². The van der Waals surface area contributed by atoms with Crippen molar-refractivity contribution in [1.29, 1.82) is 0 Å². The Morgan fingerprint density at radius 1 is 1.42 bits per heavy atom. The van der Waals surface area contributed by atoms with Crippen LogP contribution in [0.2, 0.25) is 0 Å². The molecule has 1 N–H and O–H groups in total.